The van der Waals surface area contributed by atoms with Crippen LogP contribution in [0, 0.1) is 0 Å². The third-order valence-corrected chi connectivity index (χ3v) is 1.98. The van der Waals surface area contributed by atoms with Crippen molar-refractivity contribution in [2.45, 2.75) is 13.0 Å². The molecule has 0 unspecified atom stereocenters. The monoisotopic (exact) mass is 254 g/mol. The summed E-state index contributed by atoms with van der Waals surface area (Å²) in [5.74, 6) is 0.0125. The molecule has 0 aliphatic rings. The van der Waals surface area contributed by atoms with Gasteiger partial charge in [-0.1, -0.05) is 0 Å². The van der Waals surface area contributed by atoms with Crippen LogP contribution in [0.4, 0.5) is 4.79 Å². The Balaban J connectivity index is 2.37. The predicted molar refractivity (Wildman–Crippen MR) is 60.8 cm³/mol. The van der Waals surface area contributed by atoms with Crippen LogP contribution in [0.5, 0.6) is 5.75 Å². The number of hydrogen-bond acceptors (Lipinski definition) is 7. The molecular weight excluding hydrogens is 240 g/mol. The van der Waals surface area contributed by atoms with Crippen LogP contribution in [-0.2, 0) is 16.1 Å². The van der Waals surface area contributed by atoms with Gasteiger partial charge in [0.05, 0.1) is 18.8 Å². The van der Waals surface area contributed by atoms with Gasteiger partial charge in [0.25, 0.3) is 0 Å². The molecule has 18 heavy (non-hydrogen) atoms. The fourth-order valence-corrected chi connectivity index (χ4v) is 1.08. The second-order valence-corrected chi connectivity index (χ2v) is 3.33. The number of aromatic nitrogens is 1. The summed E-state index contributed by atoms with van der Waals surface area (Å²) >= 11 is 0. The number of carbonyl (C=O) groups is 2. The van der Waals surface area contributed by atoms with E-state index >= 15 is 0 Å². The number of ketones is 1. The Hall–Kier alpha value is -1.99. The van der Waals surface area contributed by atoms with Crippen molar-refractivity contribution in [3.05, 3.63) is 24.0 Å². The van der Waals surface area contributed by atoms with E-state index in [-0.39, 0.29) is 37.7 Å². The second-order valence-electron chi connectivity index (χ2n) is 3.33. The van der Waals surface area contributed by atoms with Gasteiger partial charge in [-0.25, -0.2) is 4.79 Å². The van der Waals surface area contributed by atoms with Crippen LogP contribution in [0.1, 0.15) is 12.1 Å². The summed E-state index contributed by atoms with van der Waals surface area (Å²) in [5.41, 5.74) is 5.47. The minimum atomic E-state index is -0.921. The standard InChI is InChI=1S/C11H14N2O5/c12-6-9(15)2-4-17-11(16)18-10-1-3-13-8(5-10)7-14/h1,3,5,14H,2,4,6-7,12H2. The van der Waals surface area contributed by atoms with E-state index in [9.17, 15) is 9.59 Å². The molecular formula is C11H14N2O5. The van der Waals surface area contributed by atoms with Gasteiger partial charge in [0.15, 0.2) is 0 Å². The molecule has 0 aliphatic heterocycles. The number of nitrogens with zero attached hydrogens (tertiary/aromatic N) is 1. The van der Waals surface area contributed by atoms with Crippen LogP contribution in [0.2, 0.25) is 0 Å². The quantitative estimate of drug-likeness (QED) is 0.687. The molecule has 3 N–H and O–H groups in total. The molecule has 0 aromatic carbocycles. The number of rotatable bonds is 6. The molecule has 0 saturated heterocycles. The maximum Gasteiger partial charge on any atom is 0.513 e. The number of pyridine rings is 1. The summed E-state index contributed by atoms with van der Waals surface area (Å²) in [4.78, 5) is 25.9. The smallest absolute Gasteiger partial charge is 0.434 e. The van der Waals surface area contributed by atoms with E-state index in [2.05, 4.69) is 9.72 Å². The third kappa shape index (κ3) is 4.89. The summed E-state index contributed by atoms with van der Waals surface area (Å²) in [7, 11) is 0. The van der Waals surface area contributed by atoms with Gasteiger partial charge in [-0.15, -0.1) is 0 Å². The van der Waals surface area contributed by atoms with Crippen molar-refractivity contribution >= 4 is 11.9 Å². The lowest BCUT2D eigenvalue weighted by atomic mass is 10.3. The molecule has 7 nitrogen and oxygen atoms in total. The normalized spacial score (nSPS) is 9.89. The summed E-state index contributed by atoms with van der Waals surface area (Å²) in [6.45, 7) is -0.410. The first-order chi connectivity index (χ1) is 8.65. The van der Waals surface area contributed by atoms with Crippen molar-refractivity contribution in [3.8, 4) is 5.75 Å². The minimum absolute atomic E-state index is 0.0594. The second kappa shape index (κ2) is 7.36. The van der Waals surface area contributed by atoms with Crippen molar-refractivity contribution in [1.29, 1.82) is 0 Å². The van der Waals surface area contributed by atoms with E-state index in [1.807, 2.05) is 0 Å². The Morgan fingerprint density at radius 3 is 2.89 bits per heavy atom. The highest BCUT2D eigenvalue weighted by Gasteiger charge is 2.08. The lowest BCUT2D eigenvalue weighted by Gasteiger charge is -2.05. The van der Waals surface area contributed by atoms with E-state index in [1.54, 1.807) is 0 Å². The molecule has 0 radical (unpaired) electrons. The number of ether oxygens (including phenoxy) is 2. The number of aliphatic hydroxyl groups is 1. The molecule has 0 aliphatic carbocycles. The highest BCUT2D eigenvalue weighted by atomic mass is 16.7. The van der Waals surface area contributed by atoms with Gasteiger partial charge in [0.1, 0.15) is 18.1 Å². The molecule has 98 valence electrons. The molecule has 1 rings (SSSR count). The first-order valence-corrected chi connectivity index (χ1v) is 5.28. The number of aliphatic hydroxyl groups excluding tert-OH is 1. The van der Waals surface area contributed by atoms with Gasteiger partial charge < -0.3 is 20.3 Å². The summed E-state index contributed by atoms with van der Waals surface area (Å²) in [6.07, 6.45) is 0.533. The van der Waals surface area contributed by atoms with Crippen molar-refractivity contribution < 1.29 is 24.2 Å². The molecule has 0 saturated carbocycles. The maximum absolute atomic E-state index is 11.2. The molecule has 1 heterocycles. The Morgan fingerprint density at radius 1 is 1.44 bits per heavy atom. The highest BCUT2D eigenvalue weighted by molar-refractivity contribution is 5.80. The molecule has 7 heteroatoms. The number of Topliss-reactive ketones (excluding diaryl/α,β-unsaturated/α-hetero) is 1. The molecule has 0 spiro atoms. The number of nitrogens with two attached hydrogens (primary N) is 1. The zero-order valence-electron chi connectivity index (χ0n) is 9.67. The van der Waals surface area contributed by atoms with Crippen LogP contribution >= 0.6 is 0 Å². The molecule has 1 aromatic heterocycles. The lowest BCUT2D eigenvalue weighted by molar-refractivity contribution is -0.118. The van der Waals surface area contributed by atoms with Crippen LogP contribution in [0.3, 0.4) is 0 Å². The first kappa shape index (κ1) is 14.1. The van der Waals surface area contributed by atoms with Crippen molar-refractivity contribution in [2.75, 3.05) is 13.2 Å². The Labute approximate surface area is 104 Å². The predicted octanol–water partition coefficient (Wildman–Crippen LogP) is 0.00720. The summed E-state index contributed by atoms with van der Waals surface area (Å²) < 4.78 is 9.49. The van der Waals surface area contributed by atoms with Crippen molar-refractivity contribution in [3.63, 3.8) is 0 Å². The van der Waals surface area contributed by atoms with Crippen molar-refractivity contribution in [2.24, 2.45) is 5.73 Å². The molecule has 0 fully saturated rings. The van der Waals surface area contributed by atoms with Crippen LogP contribution in [0.15, 0.2) is 18.3 Å². The SMILES string of the molecule is NCC(=O)CCOC(=O)Oc1ccnc(CO)c1. The van der Waals surface area contributed by atoms with Gasteiger partial charge in [0, 0.05) is 18.7 Å². The van der Waals surface area contributed by atoms with Gasteiger partial charge >= 0.3 is 6.16 Å². The van der Waals surface area contributed by atoms with Gasteiger partial charge in [-0.3, -0.25) is 9.78 Å². The zero-order valence-corrected chi connectivity index (χ0v) is 9.67. The minimum Gasteiger partial charge on any atom is -0.434 e. The van der Waals surface area contributed by atoms with Crippen LogP contribution in [0.25, 0.3) is 0 Å². The average molecular weight is 254 g/mol. The number of hydrogen-bond donors (Lipinski definition) is 2. The number of carbonyl (C=O) groups excluding carboxylic acids is 2. The molecule has 0 atom stereocenters. The zero-order chi connectivity index (χ0) is 13.4. The summed E-state index contributed by atoms with van der Waals surface area (Å²) in [5, 5.41) is 8.84. The van der Waals surface area contributed by atoms with Gasteiger partial charge in [-0.05, 0) is 6.07 Å². The molecule has 0 bridgehead atoms. The van der Waals surface area contributed by atoms with Crippen LogP contribution in [-0.4, -0.2) is 35.2 Å². The fourth-order valence-electron chi connectivity index (χ4n) is 1.08. The topological polar surface area (TPSA) is 112 Å². The highest BCUT2D eigenvalue weighted by Crippen LogP contribution is 2.11. The van der Waals surface area contributed by atoms with E-state index in [0.717, 1.165) is 0 Å². The average Bonchev–Trinajstić information content (AvgIpc) is 2.38. The third-order valence-electron chi connectivity index (χ3n) is 1.98. The Kier molecular flexibility index (Phi) is 5.75. The fraction of sp³-hybridized carbons (Fsp3) is 0.364. The van der Waals surface area contributed by atoms with Gasteiger partial charge in [-0.2, -0.15) is 0 Å². The Bertz CT molecular complexity index is 422. The largest absolute Gasteiger partial charge is 0.513 e. The molecule has 0 amide bonds. The van der Waals surface area contributed by atoms with E-state index in [0.29, 0.717) is 5.69 Å². The maximum atomic E-state index is 11.2. The summed E-state index contributed by atoms with van der Waals surface area (Å²) in [6, 6.07) is 2.86. The van der Waals surface area contributed by atoms with Crippen molar-refractivity contribution in [1.82, 2.24) is 4.98 Å². The van der Waals surface area contributed by atoms with Crippen LogP contribution < -0.4 is 10.5 Å². The van der Waals surface area contributed by atoms with Gasteiger partial charge in [0.2, 0.25) is 0 Å². The van der Waals surface area contributed by atoms with E-state index < -0.39 is 6.16 Å². The Morgan fingerprint density at radius 2 is 2.22 bits per heavy atom. The lowest BCUT2D eigenvalue weighted by Crippen LogP contribution is -2.18. The first-order valence-electron chi connectivity index (χ1n) is 5.28. The molecule has 1 aromatic rings. The van der Waals surface area contributed by atoms with E-state index in [4.69, 9.17) is 15.6 Å². The van der Waals surface area contributed by atoms with E-state index in [1.165, 1.54) is 18.3 Å².